The number of thioether (sulfide) groups is 1. The molecular weight excluding hydrogens is 398 g/mol. The summed E-state index contributed by atoms with van der Waals surface area (Å²) in [6, 6.07) is 3.24. The van der Waals surface area contributed by atoms with Crippen molar-refractivity contribution in [1.29, 1.82) is 0 Å². The third-order valence-electron chi connectivity index (χ3n) is 3.18. The van der Waals surface area contributed by atoms with Gasteiger partial charge in [0.2, 0.25) is 0 Å². The molecule has 1 heterocycles. The molecule has 0 bridgehead atoms. The first-order valence-corrected chi connectivity index (χ1v) is 8.71. The Balaban J connectivity index is 2.03. The Morgan fingerprint density at radius 1 is 1.37 bits per heavy atom. The van der Waals surface area contributed by atoms with E-state index >= 15 is 0 Å². The topological polar surface area (TPSA) is 139 Å². The quantitative estimate of drug-likeness (QED) is 0.346. The fourth-order valence-electron chi connectivity index (χ4n) is 1.91. The van der Waals surface area contributed by atoms with Crippen LogP contribution in [-0.2, 0) is 4.79 Å². The number of ether oxygens (including phenoxy) is 2. The van der Waals surface area contributed by atoms with E-state index in [0.717, 1.165) is 11.8 Å². The molecule has 2 rings (SSSR count). The summed E-state index contributed by atoms with van der Waals surface area (Å²) in [5.41, 5.74) is 1.53. The first-order chi connectivity index (χ1) is 12.8. The highest BCUT2D eigenvalue weighted by Gasteiger charge is 2.17. The SMILES string of the molecule is COc1cc(/C=N/NC(=O)C(C)Sc2n[nH]c(=O)[nH]c2=O)cc(Cl)c1OC. The van der Waals surface area contributed by atoms with Crippen molar-refractivity contribution in [1.82, 2.24) is 20.6 Å². The second kappa shape index (κ2) is 9.24. The molecule has 27 heavy (non-hydrogen) atoms. The van der Waals surface area contributed by atoms with Crippen molar-refractivity contribution >= 4 is 35.5 Å². The lowest BCUT2D eigenvalue weighted by Gasteiger charge is -2.10. The van der Waals surface area contributed by atoms with Gasteiger partial charge in [0.1, 0.15) is 0 Å². The number of aromatic nitrogens is 3. The van der Waals surface area contributed by atoms with Gasteiger partial charge in [0.05, 0.1) is 30.7 Å². The number of hydrogen-bond donors (Lipinski definition) is 3. The second-order valence-corrected chi connectivity index (χ2v) is 6.78. The zero-order valence-corrected chi connectivity index (χ0v) is 16.1. The summed E-state index contributed by atoms with van der Waals surface area (Å²) in [6.45, 7) is 1.56. The lowest BCUT2D eigenvalue weighted by atomic mass is 10.2. The number of rotatable bonds is 7. The number of amides is 1. The number of methoxy groups -OCH3 is 2. The van der Waals surface area contributed by atoms with E-state index in [0.29, 0.717) is 22.1 Å². The first kappa shape index (κ1) is 20.5. The van der Waals surface area contributed by atoms with E-state index < -0.39 is 22.4 Å². The highest BCUT2D eigenvalue weighted by Crippen LogP contribution is 2.35. The summed E-state index contributed by atoms with van der Waals surface area (Å²) >= 11 is 6.98. The molecule has 2 aromatic rings. The molecule has 1 unspecified atom stereocenters. The van der Waals surface area contributed by atoms with Crippen LogP contribution in [0.4, 0.5) is 0 Å². The number of nitrogens with zero attached hydrogens (tertiary/aromatic N) is 2. The molecule has 3 N–H and O–H groups in total. The van der Waals surface area contributed by atoms with Crippen molar-refractivity contribution in [3.8, 4) is 11.5 Å². The van der Waals surface area contributed by atoms with Crippen molar-refractivity contribution in [2.75, 3.05) is 14.2 Å². The Morgan fingerprint density at radius 3 is 2.74 bits per heavy atom. The molecule has 144 valence electrons. The van der Waals surface area contributed by atoms with E-state index in [1.165, 1.54) is 20.4 Å². The van der Waals surface area contributed by atoms with Crippen molar-refractivity contribution in [2.45, 2.75) is 17.2 Å². The van der Waals surface area contributed by atoms with Gasteiger partial charge in [-0.15, -0.1) is 0 Å². The van der Waals surface area contributed by atoms with E-state index in [4.69, 9.17) is 21.1 Å². The molecule has 10 nitrogen and oxygen atoms in total. The van der Waals surface area contributed by atoms with Crippen LogP contribution in [-0.4, -0.2) is 46.8 Å². The van der Waals surface area contributed by atoms with E-state index in [2.05, 4.69) is 20.7 Å². The largest absolute Gasteiger partial charge is 0.493 e. The van der Waals surface area contributed by atoms with Gasteiger partial charge in [0.25, 0.3) is 11.5 Å². The van der Waals surface area contributed by atoms with Crippen LogP contribution in [0.2, 0.25) is 5.02 Å². The van der Waals surface area contributed by atoms with Gasteiger partial charge in [-0.25, -0.2) is 15.3 Å². The van der Waals surface area contributed by atoms with Crippen LogP contribution >= 0.6 is 23.4 Å². The number of H-pyrrole nitrogens is 2. The molecule has 0 aliphatic heterocycles. The molecule has 0 aliphatic carbocycles. The van der Waals surface area contributed by atoms with Crippen LogP contribution in [0.25, 0.3) is 0 Å². The van der Waals surface area contributed by atoms with Gasteiger partial charge >= 0.3 is 5.69 Å². The van der Waals surface area contributed by atoms with Crippen LogP contribution in [0.3, 0.4) is 0 Å². The normalized spacial score (nSPS) is 12.0. The molecule has 1 atom stereocenters. The Morgan fingerprint density at radius 2 is 2.11 bits per heavy atom. The Bertz CT molecular complexity index is 974. The summed E-state index contributed by atoms with van der Waals surface area (Å²) < 4.78 is 10.3. The molecule has 12 heteroatoms. The smallest absolute Gasteiger partial charge is 0.342 e. The van der Waals surface area contributed by atoms with Crippen LogP contribution in [0, 0.1) is 0 Å². The fourth-order valence-corrected chi connectivity index (χ4v) is 2.96. The lowest BCUT2D eigenvalue weighted by molar-refractivity contribution is -0.120. The van der Waals surface area contributed by atoms with E-state index in [-0.39, 0.29) is 5.03 Å². The highest BCUT2D eigenvalue weighted by molar-refractivity contribution is 8.00. The van der Waals surface area contributed by atoms with Crippen molar-refractivity contribution in [2.24, 2.45) is 5.10 Å². The summed E-state index contributed by atoms with van der Waals surface area (Å²) in [7, 11) is 2.95. The summed E-state index contributed by atoms with van der Waals surface area (Å²) in [4.78, 5) is 36.6. The molecule has 1 aromatic carbocycles. The molecule has 1 amide bonds. The molecule has 0 spiro atoms. The lowest BCUT2D eigenvalue weighted by Crippen LogP contribution is -2.30. The van der Waals surface area contributed by atoms with Gasteiger partial charge in [0, 0.05) is 0 Å². The van der Waals surface area contributed by atoms with E-state index in [1.54, 1.807) is 19.1 Å². The zero-order valence-electron chi connectivity index (χ0n) is 14.5. The minimum absolute atomic E-state index is 0.0343. The van der Waals surface area contributed by atoms with Crippen molar-refractivity contribution < 1.29 is 14.3 Å². The summed E-state index contributed by atoms with van der Waals surface area (Å²) in [5, 5.41) is 9.16. The monoisotopic (exact) mass is 413 g/mol. The molecule has 1 aromatic heterocycles. The Labute approximate surface area is 162 Å². The standard InChI is InChI=1S/C15H16ClN5O5S/c1-7(27-14-13(23)18-15(24)21-20-14)12(22)19-17-6-8-4-9(16)11(26-3)10(5-8)25-2/h4-7H,1-3H3,(H,19,22)(H2,18,21,23,24)/b17-6+. The first-order valence-electron chi connectivity index (χ1n) is 7.45. The molecule has 0 radical (unpaired) electrons. The minimum Gasteiger partial charge on any atom is -0.493 e. The number of benzene rings is 1. The third-order valence-corrected chi connectivity index (χ3v) is 4.53. The maximum absolute atomic E-state index is 12.1. The summed E-state index contributed by atoms with van der Waals surface area (Å²) in [6.07, 6.45) is 1.38. The summed E-state index contributed by atoms with van der Waals surface area (Å²) in [5.74, 6) is 0.351. The van der Waals surface area contributed by atoms with Gasteiger partial charge in [-0.3, -0.25) is 14.6 Å². The number of carbonyl (C=O) groups is 1. The molecule has 0 saturated carbocycles. The van der Waals surface area contributed by atoms with Gasteiger partial charge in [-0.2, -0.15) is 10.2 Å². The molecule has 0 aliphatic rings. The number of aromatic amines is 2. The van der Waals surface area contributed by atoms with Crippen LogP contribution < -0.4 is 26.1 Å². The molecule has 0 fully saturated rings. The molecular formula is C15H16ClN5O5S. The van der Waals surface area contributed by atoms with E-state index in [1.807, 2.05) is 4.98 Å². The number of nitrogens with one attached hydrogen (secondary N) is 3. The average Bonchev–Trinajstić information content (AvgIpc) is 2.63. The third kappa shape index (κ3) is 5.34. The van der Waals surface area contributed by atoms with Crippen molar-refractivity contribution in [3.63, 3.8) is 0 Å². The average molecular weight is 414 g/mol. The number of hydrazone groups is 1. The second-order valence-electron chi connectivity index (χ2n) is 5.04. The van der Waals surface area contributed by atoms with Crippen molar-refractivity contribution in [3.05, 3.63) is 43.6 Å². The Hall–Kier alpha value is -2.79. The van der Waals surface area contributed by atoms with Crippen LogP contribution in [0.5, 0.6) is 11.5 Å². The van der Waals surface area contributed by atoms with Crippen LogP contribution in [0.1, 0.15) is 12.5 Å². The van der Waals surface area contributed by atoms with Gasteiger partial charge in [-0.1, -0.05) is 23.4 Å². The zero-order chi connectivity index (χ0) is 20.0. The Kier molecular flexibility index (Phi) is 7.02. The number of hydrogen-bond acceptors (Lipinski definition) is 8. The van der Waals surface area contributed by atoms with E-state index in [9.17, 15) is 14.4 Å². The van der Waals surface area contributed by atoms with Gasteiger partial charge in [0.15, 0.2) is 16.5 Å². The maximum atomic E-state index is 12.1. The highest BCUT2D eigenvalue weighted by atomic mass is 35.5. The predicted molar refractivity (Wildman–Crippen MR) is 101 cm³/mol. The predicted octanol–water partition coefficient (Wildman–Crippen LogP) is 0.760. The fraction of sp³-hybridized carbons (Fsp3) is 0.267. The molecule has 0 saturated heterocycles. The van der Waals surface area contributed by atoms with Gasteiger partial charge in [-0.05, 0) is 24.6 Å². The number of carbonyl (C=O) groups excluding carboxylic acids is 1. The van der Waals surface area contributed by atoms with Crippen LogP contribution in [0.15, 0.2) is 31.8 Å². The number of halogens is 1. The maximum Gasteiger partial charge on any atom is 0.342 e. The van der Waals surface area contributed by atoms with Gasteiger partial charge < -0.3 is 9.47 Å². The minimum atomic E-state index is -0.723.